The van der Waals surface area contributed by atoms with Crippen molar-refractivity contribution in [3.63, 3.8) is 0 Å². The maximum absolute atomic E-state index is 11.1. The number of hydrogen-bond donors (Lipinski definition) is 1. The first-order valence-electron chi connectivity index (χ1n) is 4.66. The number of hydrogen-bond acceptors (Lipinski definition) is 4. The van der Waals surface area contributed by atoms with Gasteiger partial charge < -0.3 is 14.6 Å². The number of rotatable bonds is 5. The third kappa shape index (κ3) is 3.10. The summed E-state index contributed by atoms with van der Waals surface area (Å²) in [5.74, 6) is -1.68. The highest BCUT2D eigenvalue weighted by molar-refractivity contribution is 6.34. The molecule has 0 aliphatic rings. The van der Waals surface area contributed by atoms with E-state index in [2.05, 4.69) is 0 Å². The summed E-state index contributed by atoms with van der Waals surface area (Å²) in [7, 11) is 2.86. The Morgan fingerprint density at radius 2 is 1.94 bits per heavy atom. The van der Waals surface area contributed by atoms with E-state index < -0.39 is 11.8 Å². The molecular formula is C11H11ClO5. The van der Waals surface area contributed by atoms with Crippen LogP contribution in [0, 0.1) is 0 Å². The smallest absolute Gasteiger partial charge is 0.372 e. The molecule has 0 saturated carbocycles. The summed E-state index contributed by atoms with van der Waals surface area (Å²) < 4.78 is 10.0. The number of carbonyl (C=O) groups excluding carboxylic acids is 1. The summed E-state index contributed by atoms with van der Waals surface area (Å²) >= 11 is 5.91. The Morgan fingerprint density at radius 3 is 2.41 bits per heavy atom. The third-order valence-electron chi connectivity index (χ3n) is 2.10. The largest absolute Gasteiger partial charge is 0.493 e. The second-order valence-electron chi connectivity index (χ2n) is 3.22. The number of Topliss-reactive ketones (excluding diaryl/α,β-unsaturated/α-hetero) is 1. The van der Waals surface area contributed by atoms with Gasteiger partial charge in [0.2, 0.25) is 5.78 Å². The van der Waals surface area contributed by atoms with Gasteiger partial charge in [-0.3, -0.25) is 4.79 Å². The van der Waals surface area contributed by atoms with Gasteiger partial charge in [0.1, 0.15) is 0 Å². The van der Waals surface area contributed by atoms with Crippen LogP contribution in [0.5, 0.6) is 11.5 Å². The average Bonchev–Trinajstić information content (AvgIpc) is 2.27. The maximum Gasteiger partial charge on any atom is 0.372 e. The van der Waals surface area contributed by atoms with E-state index in [0.717, 1.165) is 0 Å². The van der Waals surface area contributed by atoms with E-state index in [1.165, 1.54) is 26.4 Å². The van der Waals surface area contributed by atoms with E-state index in [4.69, 9.17) is 26.2 Å². The number of ether oxygens (including phenoxy) is 2. The van der Waals surface area contributed by atoms with Gasteiger partial charge in [-0.15, -0.1) is 0 Å². The minimum absolute atomic E-state index is 0.241. The molecule has 0 fully saturated rings. The molecule has 1 N–H and O–H groups in total. The van der Waals surface area contributed by atoms with Crippen LogP contribution in [0.25, 0.3) is 0 Å². The number of carbonyl (C=O) groups is 2. The lowest BCUT2D eigenvalue weighted by Crippen LogP contribution is -2.15. The van der Waals surface area contributed by atoms with E-state index in [1.54, 1.807) is 0 Å². The van der Waals surface area contributed by atoms with E-state index >= 15 is 0 Å². The Labute approximate surface area is 103 Å². The normalized spacial score (nSPS) is 9.82. The molecule has 0 aromatic heterocycles. The molecule has 1 aromatic rings. The molecule has 92 valence electrons. The number of benzene rings is 1. The Balaban J connectivity index is 3.07. The van der Waals surface area contributed by atoms with Crippen LogP contribution < -0.4 is 9.47 Å². The predicted octanol–water partition coefficient (Wildman–Crippen LogP) is 1.55. The predicted molar refractivity (Wildman–Crippen MR) is 60.9 cm³/mol. The van der Waals surface area contributed by atoms with Crippen LogP contribution in [0.3, 0.4) is 0 Å². The number of aliphatic carboxylic acids is 1. The SMILES string of the molecule is COc1cc(CC(=O)C(=O)O)cc(Cl)c1OC. The Bertz CT molecular complexity index is 455. The molecule has 5 nitrogen and oxygen atoms in total. The second kappa shape index (κ2) is 5.54. The Morgan fingerprint density at radius 1 is 1.29 bits per heavy atom. The fourth-order valence-corrected chi connectivity index (χ4v) is 1.64. The topological polar surface area (TPSA) is 72.8 Å². The Hall–Kier alpha value is -1.75. The molecule has 0 spiro atoms. The molecule has 0 unspecified atom stereocenters. The number of carboxylic acids is 1. The molecule has 6 heteroatoms. The minimum atomic E-state index is -1.48. The summed E-state index contributed by atoms with van der Waals surface area (Å²) in [4.78, 5) is 21.5. The van der Waals surface area contributed by atoms with E-state index in [1.807, 2.05) is 0 Å². The van der Waals surface area contributed by atoms with Gasteiger partial charge in [0.05, 0.1) is 19.2 Å². The quantitative estimate of drug-likeness (QED) is 0.812. The summed E-state index contributed by atoms with van der Waals surface area (Å²) in [5.41, 5.74) is 0.458. The lowest BCUT2D eigenvalue weighted by atomic mass is 10.1. The van der Waals surface area contributed by atoms with Gasteiger partial charge in [-0.05, 0) is 17.7 Å². The standard InChI is InChI=1S/C11H11ClO5/c1-16-9-5-6(4-8(13)11(14)15)3-7(12)10(9)17-2/h3,5H,4H2,1-2H3,(H,14,15). The molecule has 0 aliphatic carbocycles. The van der Waals surface area contributed by atoms with Crippen LogP contribution in [0.2, 0.25) is 5.02 Å². The van der Waals surface area contributed by atoms with Crippen LogP contribution in [-0.2, 0) is 16.0 Å². The zero-order chi connectivity index (χ0) is 13.0. The third-order valence-corrected chi connectivity index (χ3v) is 2.38. The highest BCUT2D eigenvalue weighted by Crippen LogP contribution is 2.36. The first kappa shape index (κ1) is 13.3. The molecule has 0 saturated heterocycles. The van der Waals surface area contributed by atoms with Crippen molar-refractivity contribution in [1.82, 2.24) is 0 Å². The molecule has 1 aromatic carbocycles. The fourth-order valence-electron chi connectivity index (χ4n) is 1.33. The van der Waals surface area contributed by atoms with Crippen molar-refractivity contribution in [3.05, 3.63) is 22.7 Å². The minimum Gasteiger partial charge on any atom is -0.493 e. The maximum atomic E-state index is 11.1. The summed E-state index contributed by atoms with van der Waals surface area (Å²) in [5, 5.41) is 8.77. The van der Waals surface area contributed by atoms with Crippen LogP contribution in [-0.4, -0.2) is 31.1 Å². The van der Waals surface area contributed by atoms with Crippen molar-refractivity contribution in [2.24, 2.45) is 0 Å². The molecule has 0 aliphatic heterocycles. The lowest BCUT2D eigenvalue weighted by Gasteiger charge is -2.10. The summed E-state index contributed by atoms with van der Waals surface area (Å²) in [6.07, 6.45) is -0.241. The van der Waals surface area contributed by atoms with Gasteiger partial charge >= 0.3 is 5.97 Å². The molecule has 0 heterocycles. The zero-order valence-electron chi connectivity index (χ0n) is 9.32. The average molecular weight is 259 g/mol. The number of methoxy groups -OCH3 is 2. The van der Waals surface area contributed by atoms with Gasteiger partial charge in [-0.1, -0.05) is 11.6 Å². The summed E-state index contributed by atoms with van der Waals surface area (Å²) in [6, 6.07) is 3.00. The van der Waals surface area contributed by atoms with E-state index in [9.17, 15) is 9.59 Å². The molecular weight excluding hydrogens is 248 g/mol. The van der Waals surface area contributed by atoms with Crippen molar-refractivity contribution in [2.75, 3.05) is 14.2 Å². The van der Waals surface area contributed by atoms with Crippen LogP contribution in [0.15, 0.2) is 12.1 Å². The molecule has 0 radical (unpaired) electrons. The van der Waals surface area contributed by atoms with Gasteiger partial charge in [0, 0.05) is 6.42 Å². The fraction of sp³-hybridized carbons (Fsp3) is 0.273. The van der Waals surface area contributed by atoms with E-state index in [-0.39, 0.29) is 11.4 Å². The van der Waals surface area contributed by atoms with Crippen LogP contribution in [0.4, 0.5) is 0 Å². The monoisotopic (exact) mass is 258 g/mol. The van der Waals surface area contributed by atoms with Crippen molar-refractivity contribution in [2.45, 2.75) is 6.42 Å². The lowest BCUT2D eigenvalue weighted by molar-refractivity contribution is -0.148. The van der Waals surface area contributed by atoms with Crippen molar-refractivity contribution >= 4 is 23.4 Å². The highest BCUT2D eigenvalue weighted by atomic mass is 35.5. The summed E-state index contributed by atoms with van der Waals surface area (Å²) in [6.45, 7) is 0. The zero-order valence-corrected chi connectivity index (χ0v) is 10.1. The van der Waals surface area contributed by atoms with Gasteiger partial charge in [-0.2, -0.15) is 0 Å². The molecule has 0 amide bonds. The van der Waals surface area contributed by atoms with E-state index in [0.29, 0.717) is 17.1 Å². The van der Waals surface area contributed by atoms with Gasteiger partial charge in [0.15, 0.2) is 11.5 Å². The molecule has 0 bridgehead atoms. The van der Waals surface area contributed by atoms with Gasteiger partial charge in [-0.25, -0.2) is 4.79 Å². The molecule has 17 heavy (non-hydrogen) atoms. The first-order chi connectivity index (χ1) is 7.99. The highest BCUT2D eigenvalue weighted by Gasteiger charge is 2.16. The number of ketones is 1. The van der Waals surface area contributed by atoms with Crippen LogP contribution >= 0.6 is 11.6 Å². The van der Waals surface area contributed by atoms with Crippen molar-refractivity contribution in [1.29, 1.82) is 0 Å². The molecule has 0 atom stereocenters. The van der Waals surface area contributed by atoms with Gasteiger partial charge in [0.25, 0.3) is 0 Å². The molecule has 1 rings (SSSR count). The number of halogens is 1. The second-order valence-corrected chi connectivity index (χ2v) is 3.63. The van der Waals surface area contributed by atoms with Crippen molar-refractivity contribution < 1.29 is 24.2 Å². The van der Waals surface area contributed by atoms with Crippen LogP contribution in [0.1, 0.15) is 5.56 Å². The Kier molecular flexibility index (Phi) is 4.34. The first-order valence-corrected chi connectivity index (χ1v) is 5.04. The number of carboxylic acid groups (broad SMARTS) is 1. The van der Waals surface area contributed by atoms with Crippen molar-refractivity contribution in [3.8, 4) is 11.5 Å².